The maximum absolute atomic E-state index is 11.0. The van der Waals surface area contributed by atoms with Crippen molar-refractivity contribution in [3.63, 3.8) is 0 Å². The van der Waals surface area contributed by atoms with Crippen molar-refractivity contribution in [2.45, 2.75) is 26.7 Å². The summed E-state index contributed by atoms with van der Waals surface area (Å²) in [7, 11) is 1.50. The molecule has 0 atom stereocenters. The number of nitrogens with one attached hydrogen (secondary N) is 1. The molecule has 0 aliphatic heterocycles. The lowest BCUT2D eigenvalue weighted by atomic mass is 10.0. The highest BCUT2D eigenvalue weighted by molar-refractivity contribution is 5.63. The Morgan fingerprint density at radius 2 is 2.06 bits per heavy atom. The summed E-state index contributed by atoms with van der Waals surface area (Å²) in [6, 6.07) is 4.86. The van der Waals surface area contributed by atoms with Gasteiger partial charge in [0.05, 0.1) is 18.1 Å². The van der Waals surface area contributed by atoms with Gasteiger partial charge in [0, 0.05) is 6.54 Å². The van der Waals surface area contributed by atoms with Crippen LogP contribution in [0, 0.1) is 16.0 Å². The minimum atomic E-state index is -0.391. The molecule has 1 rings (SSSR count). The summed E-state index contributed by atoms with van der Waals surface area (Å²) in [6.45, 7) is 5.00. The van der Waals surface area contributed by atoms with Gasteiger partial charge in [-0.2, -0.15) is 0 Å². The zero-order chi connectivity index (χ0) is 13.5. The van der Waals surface area contributed by atoms with Crippen molar-refractivity contribution in [3.05, 3.63) is 28.3 Å². The fourth-order valence-electron chi connectivity index (χ4n) is 1.77. The highest BCUT2D eigenvalue weighted by Crippen LogP contribution is 2.29. The molecule has 0 aromatic heterocycles. The largest absolute Gasteiger partial charge is 0.496 e. The van der Waals surface area contributed by atoms with Gasteiger partial charge in [-0.15, -0.1) is 0 Å². The van der Waals surface area contributed by atoms with Crippen LogP contribution in [0.1, 0.15) is 26.7 Å². The number of ether oxygens (including phenoxy) is 1. The Balaban J connectivity index is 2.84. The number of nitrogens with zero attached hydrogens (tertiary/aromatic N) is 1. The van der Waals surface area contributed by atoms with Crippen molar-refractivity contribution >= 4 is 11.4 Å². The molecule has 0 fully saturated rings. The first-order chi connectivity index (χ1) is 8.62. The van der Waals surface area contributed by atoms with Crippen LogP contribution in [0.15, 0.2) is 18.2 Å². The van der Waals surface area contributed by atoms with Crippen LogP contribution in [-0.4, -0.2) is 18.6 Å². The summed E-state index contributed by atoms with van der Waals surface area (Å²) in [6.07, 6.45) is 2.13. The molecule has 5 heteroatoms. The smallest absolute Gasteiger partial charge is 0.296 e. The molecule has 0 aliphatic carbocycles. The van der Waals surface area contributed by atoms with E-state index in [9.17, 15) is 10.1 Å². The zero-order valence-electron chi connectivity index (χ0n) is 11.1. The van der Waals surface area contributed by atoms with Crippen LogP contribution < -0.4 is 10.1 Å². The molecule has 18 heavy (non-hydrogen) atoms. The second kappa shape index (κ2) is 6.83. The normalized spacial score (nSPS) is 10.4. The lowest BCUT2D eigenvalue weighted by molar-refractivity contribution is -0.384. The molecule has 1 aromatic rings. The van der Waals surface area contributed by atoms with Gasteiger partial charge in [-0.1, -0.05) is 26.7 Å². The first kappa shape index (κ1) is 14.3. The van der Waals surface area contributed by atoms with Gasteiger partial charge in [-0.25, -0.2) is 0 Å². The molecular formula is C13H20N2O3. The first-order valence-corrected chi connectivity index (χ1v) is 6.18. The van der Waals surface area contributed by atoms with Gasteiger partial charge in [0.1, 0.15) is 11.4 Å². The first-order valence-electron chi connectivity index (χ1n) is 6.18. The third-order valence-corrected chi connectivity index (χ3v) is 3.14. The van der Waals surface area contributed by atoms with E-state index in [1.165, 1.54) is 13.2 Å². The van der Waals surface area contributed by atoms with E-state index in [1.807, 2.05) is 0 Å². The Kier molecular flexibility index (Phi) is 5.42. The fourth-order valence-corrected chi connectivity index (χ4v) is 1.77. The molecule has 0 heterocycles. The molecule has 1 N–H and O–H groups in total. The fraction of sp³-hybridized carbons (Fsp3) is 0.538. The number of benzene rings is 1. The molecular weight excluding hydrogens is 232 g/mol. The van der Waals surface area contributed by atoms with Crippen molar-refractivity contribution in [3.8, 4) is 5.75 Å². The van der Waals surface area contributed by atoms with Crippen LogP contribution in [0.2, 0.25) is 0 Å². The second-order valence-corrected chi connectivity index (χ2v) is 4.20. The summed E-state index contributed by atoms with van der Waals surface area (Å²) in [4.78, 5) is 10.6. The number of hydrogen-bond donors (Lipinski definition) is 1. The van der Waals surface area contributed by atoms with Crippen molar-refractivity contribution in [1.29, 1.82) is 0 Å². The number of anilines is 1. The Bertz CT molecular complexity index is 403. The number of hydrogen-bond acceptors (Lipinski definition) is 4. The van der Waals surface area contributed by atoms with Crippen molar-refractivity contribution in [2.24, 2.45) is 5.92 Å². The molecule has 0 saturated heterocycles. The van der Waals surface area contributed by atoms with E-state index in [0.29, 0.717) is 17.4 Å². The van der Waals surface area contributed by atoms with E-state index in [4.69, 9.17) is 4.74 Å². The van der Waals surface area contributed by atoms with Gasteiger partial charge < -0.3 is 10.1 Å². The van der Waals surface area contributed by atoms with Crippen molar-refractivity contribution < 1.29 is 9.66 Å². The van der Waals surface area contributed by atoms with Crippen LogP contribution in [-0.2, 0) is 0 Å². The van der Waals surface area contributed by atoms with Crippen LogP contribution in [0.4, 0.5) is 11.4 Å². The third kappa shape index (κ3) is 3.61. The lowest BCUT2D eigenvalue weighted by Crippen LogP contribution is -2.13. The molecule has 5 nitrogen and oxygen atoms in total. The quantitative estimate of drug-likeness (QED) is 0.596. The average Bonchev–Trinajstić information content (AvgIpc) is 2.39. The Morgan fingerprint density at radius 3 is 2.56 bits per heavy atom. The van der Waals surface area contributed by atoms with E-state index in [1.54, 1.807) is 12.1 Å². The third-order valence-electron chi connectivity index (χ3n) is 3.14. The minimum Gasteiger partial charge on any atom is -0.496 e. The molecule has 0 saturated carbocycles. The Labute approximate surface area is 107 Å². The van der Waals surface area contributed by atoms with Crippen LogP contribution >= 0.6 is 0 Å². The summed E-state index contributed by atoms with van der Waals surface area (Å²) in [5, 5.41) is 14.1. The van der Waals surface area contributed by atoms with E-state index in [2.05, 4.69) is 19.2 Å². The maximum atomic E-state index is 11.0. The monoisotopic (exact) mass is 252 g/mol. The van der Waals surface area contributed by atoms with E-state index in [0.717, 1.165) is 19.4 Å². The number of methoxy groups -OCH3 is 1. The molecule has 0 amide bonds. The standard InChI is InChI=1S/C13H20N2O3/c1-4-10(5-2)9-14-12-7-6-11(18-3)8-13(12)15(16)17/h6-8,10,14H,4-5,9H2,1-3H3. The minimum absolute atomic E-state index is 0.0558. The molecule has 100 valence electrons. The summed E-state index contributed by atoms with van der Waals surface area (Å²) >= 11 is 0. The maximum Gasteiger partial charge on any atom is 0.296 e. The van der Waals surface area contributed by atoms with Gasteiger partial charge >= 0.3 is 0 Å². The zero-order valence-corrected chi connectivity index (χ0v) is 11.1. The van der Waals surface area contributed by atoms with E-state index >= 15 is 0 Å². The average molecular weight is 252 g/mol. The van der Waals surface area contributed by atoms with Crippen molar-refractivity contribution in [1.82, 2.24) is 0 Å². The lowest BCUT2D eigenvalue weighted by Gasteiger charge is -2.14. The van der Waals surface area contributed by atoms with Crippen LogP contribution in [0.25, 0.3) is 0 Å². The van der Waals surface area contributed by atoms with E-state index in [-0.39, 0.29) is 5.69 Å². The number of nitro groups is 1. The molecule has 0 aliphatic rings. The van der Waals surface area contributed by atoms with Crippen LogP contribution in [0.5, 0.6) is 5.75 Å². The second-order valence-electron chi connectivity index (χ2n) is 4.20. The molecule has 0 unspecified atom stereocenters. The van der Waals surface area contributed by atoms with Gasteiger partial charge in [-0.05, 0) is 18.1 Å². The topological polar surface area (TPSA) is 64.4 Å². The summed E-state index contributed by atoms with van der Waals surface area (Å²) in [5.41, 5.74) is 0.605. The SMILES string of the molecule is CCC(CC)CNc1ccc(OC)cc1[N+](=O)[O-]. The number of rotatable bonds is 7. The Morgan fingerprint density at radius 1 is 1.39 bits per heavy atom. The summed E-state index contributed by atoms with van der Waals surface area (Å²) < 4.78 is 5.00. The van der Waals surface area contributed by atoms with Gasteiger partial charge in [0.15, 0.2) is 0 Å². The summed E-state index contributed by atoms with van der Waals surface area (Å²) in [5.74, 6) is 1.03. The molecule has 0 radical (unpaired) electrons. The number of nitro benzene ring substituents is 1. The van der Waals surface area contributed by atoms with Gasteiger partial charge in [0.2, 0.25) is 0 Å². The van der Waals surface area contributed by atoms with Gasteiger partial charge in [-0.3, -0.25) is 10.1 Å². The van der Waals surface area contributed by atoms with Crippen LogP contribution in [0.3, 0.4) is 0 Å². The highest BCUT2D eigenvalue weighted by atomic mass is 16.6. The predicted molar refractivity (Wildman–Crippen MR) is 72.2 cm³/mol. The van der Waals surface area contributed by atoms with E-state index < -0.39 is 4.92 Å². The molecule has 1 aromatic carbocycles. The molecule has 0 bridgehead atoms. The highest BCUT2D eigenvalue weighted by Gasteiger charge is 2.15. The van der Waals surface area contributed by atoms with Gasteiger partial charge in [0.25, 0.3) is 5.69 Å². The predicted octanol–water partition coefficient (Wildman–Crippen LogP) is 3.45. The molecule has 0 spiro atoms. The Hall–Kier alpha value is -1.78. The van der Waals surface area contributed by atoms with Crippen molar-refractivity contribution in [2.75, 3.05) is 19.0 Å².